The highest BCUT2D eigenvalue weighted by Crippen LogP contribution is 2.10. The number of guanidine groups is 1. The van der Waals surface area contributed by atoms with E-state index in [4.69, 9.17) is 0 Å². The number of hydrogen-bond donors (Lipinski definition) is 1. The van der Waals surface area contributed by atoms with Crippen LogP contribution in [0.25, 0.3) is 0 Å². The van der Waals surface area contributed by atoms with Gasteiger partial charge in [-0.05, 0) is 11.6 Å². The second-order valence-corrected chi connectivity index (χ2v) is 8.10. The van der Waals surface area contributed by atoms with Crippen LogP contribution in [0.3, 0.4) is 0 Å². The summed E-state index contributed by atoms with van der Waals surface area (Å²) in [5.41, 5.74) is 1.40. The molecule has 0 unspecified atom stereocenters. The first-order valence-electron chi connectivity index (χ1n) is 11.3. The molecule has 0 spiro atoms. The third-order valence-corrected chi connectivity index (χ3v) is 6.05. The standard InChI is InChI=1S/C23H34N8/c1-24-22(30-16-18-31(19-17-30)23-25-8-5-9-26-23)27-10-11-28-12-14-29(15-13-28)20-21-6-3-2-4-7-21/h2-9H,10-20H2,1H3,(H,24,27). The zero-order valence-corrected chi connectivity index (χ0v) is 18.5. The van der Waals surface area contributed by atoms with Gasteiger partial charge in [0.2, 0.25) is 5.95 Å². The zero-order chi connectivity index (χ0) is 21.3. The van der Waals surface area contributed by atoms with Gasteiger partial charge in [0.15, 0.2) is 5.96 Å². The highest BCUT2D eigenvalue weighted by atomic mass is 15.4. The van der Waals surface area contributed by atoms with Crippen LogP contribution in [0.15, 0.2) is 53.8 Å². The summed E-state index contributed by atoms with van der Waals surface area (Å²) in [4.78, 5) is 22.9. The van der Waals surface area contributed by atoms with E-state index < -0.39 is 0 Å². The van der Waals surface area contributed by atoms with E-state index in [9.17, 15) is 0 Å². The molecule has 2 fully saturated rings. The van der Waals surface area contributed by atoms with Crippen molar-refractivity contribution in [1.82, 2.24) is 30.0 Å². The minimum Gasteiger partial charge on any atom is -0.355 e. The van der Waals surface area contributed by atoms with Crippen LogP contribution < -0.4 is 10.2 Å². The maximum atomic E-state index is 4.51. The van der Waals surface area contributed by atoms with E-state index in [2.05, 4.69) is 70.2 Å². The van der Waals surface area contributed by atoms with Gasteiger partial charge in [0.1, 0.15) is 0 Å². The third-order valence-electron chi connectivity index (χ3n) is 6.05. The topological polar surface area (TPSA) is 63.1 Å². The van der Waals surface area contributed by atoms with Crippen molar-refractivity contribution in [3.63, 3.8) is 0 Å². The van der Waals surface area contributed by atoms with Crippen molar-refractivity contribution in [3.8, 4) is 0 Å². The maximum Gasteiger partial charge on any atom is 0.225 e. The van der Waals surface area contributed by atoms with Crippen molar-refractivity contribution >= 4 is 11.9 Å². The summed E-state index contributed by atoms with van der Waals surface area (Å²) in [5, 5.41) is 3.56. The van der Waals surface area contributed by atoms with Gasteiger partial charge in [-0.25, -0.2) is 9.97 Å². The molecular formula is C23H34N8. The Morgan fingerprint density at radius 3 is 2.23 bits per heavy atom. The first kappa shape index (κ1) is 21.5. The number of nitrogens with zero attached hydrogens (tertiary/aromatic N) is 7. The number of aliphatic imine (C=N–C) groups is 1. The van der Waals surface area contributed by atoms with E-state index in [0.717, 1.165) is 83.9 Å². The largest absolute Gasteiger partial charge is 0.355 e. The molecule has 2 aliphatic heterocycles. The second-order valence-electron chi connectivity index (χ2n) is 8.10. The average molecular weight is 423 g/mol. The third kappa shape index (κ3) is 6.15. The van der Waals surface area contributed by atoms with Gasteiger partial charge >= 0.3 is 0 Å². The van der Waals surface area contributed by atoms with E-state index in [0.29, 0.717) is 0 Å². The molecular weight excluding hydrogens is 388 g/mol. The quantitative estimate of drug-likeness (QED) is 0.550. The van der Waals surface area contributed by atoms with Crippen molar-refractivity contribution in [2.75, 3.05) is 77.4 Å². The molecule has 1 N–H and O–H groups in total. The smallest absolute Gasteiger partial charge is 0.225 e. The fourth-order valence-electron chi connectivity index (χ4n) is 4.24. The zero-order valence-electron chi connectivity index (χ0n) is 18.5. The van der Waals surface area contributed by atoms with Gasteiger partial charge in [-0.1, -0.05) is 30.3 Å². The van der Waals surface area contributed by atoms with Gasteiger partial charge < -0.3 is 15.1 Å². The molecule has 0 amide bonds. The van der Waals surface area contributed by atoms with Crippen LogP contribution >= 0.6 is 0 Å². The van der Waals surface area contributed by atoms with Crippen LogP contribution in [-0.4, -0.2) is 103 Å². The van der Waals surface area contributed by atoms with Gasteiger partial charge in [-0.15, -0.1) is 0 Å². The minimum atomic E-state index is 0.816. The molecule has 8 heteroatoms. The number of hydrogen-bond acceptors (Lipinski definition) is 6. The summed E-state index contributed by atoms with van der Waals surface area (Å²) in [6.07, 6.45) is 3.60. The Kier molecular flexibility index (Phi) is 7.68. The highest BCUT2D eigenvalue weighted by molar-refractivity contribution is 5.80. The van der Waals surface area contributed by atoms with Crippen LogP contribution in [0.2, 0.25) is 0 Å². The fraction of sp³-hybridized carbons (Fsp3) is 0.522. The summed E-state index contributed by atoms with van der Waals surface area (Å²) >= 11 is 0. The van der Waals surface area contributed by atoms with Crippen molar-refractivity contribution in [1.29, 1.82) is 0 Å². The Balaban J connectivity index is 1.14. The SMILES string of the molecule is CN=C(NCCN1CCN(Cc2ccccc2)CC1)N1CCN(c2ncccn2)CC1. The van der Waals surface area contributed by atoms with E-state index in [1.807, 2.05) is 13.1 Å². The maximum absolute atomic E-state index is 4.51. The molecule has 0 aliphatic carbocycles. The number of rotatable bonds is 6. The van der Waals surface area contributed by atoms with Gasteiger partial charge in [0.05, 0.1) is 0 Å². The van der Waals surface area contributed by atoms with E-state index >= 15 is 0 Å². The molecule has 0 atom stereocenters. The molecule has 1 aromatic heterocycles. The Bertz CT molecular complexity index is 797. The van der Waals surface area contributed by atoms with Crippen LogP contribution in [0.5, 0.6) is 0 Å². The summed E-state index contributed by atoms with van der Waals surface area (Å²) in [7, 11) is 1.87. The van der Waals surface area contributed by atoms with Gasteiger partial charge in [0.25, 0.3) is 0 Å². The number of piperazine rings is 2. The van der Waals surface area contributed by atoms with Crippen LogP contribution in [-0.2, 0) is 6.54 Å². The summed E-state index contributed by atoms with van der Waals surface area (Å²) in [5.74, 6) is 1.81. The van der Waals surface area contributed by atoms with E-state index in [1.54, 1.807) is 12.4 Å². The van der Waals surface area contributed by atoms with Crippen LogP contribution in [0.4, 0.5) is 5.95 Å². The molecule has 31 heavy (non-hydrogen) atoms. The molecule has 2 aliphatic rings. The summed E-state index contributed by atoms with van der Waals surface area (Å²) in [6.45, 7) is 11.2. The van der Waals surface area contributed by atoms with Crippen molar-refractivity contribution in [2.45, 2.75) is 6.54 Å². The van der Waals surface area contributed by atoms with Crippen molar-refractivity contribution < 1.29 is 0 Å². The molecule has 2 aromatic rings. The summed E-state index contributed by atoms with van der Waals surface area (Å²) in [6, 6.07) is 12.6. The fourth-order valence-corrected chi connectivity index (χ4v) is 4.24. The molecule has 1 aromatic carbocycles. The number of anilines is 1. The molecule has 8 nitrogen and oxygen atoms in total. The Morgan fingerprint density at radius 1 is 0.871 bits per heavy atom. The lowest BCUT2D eigenvalue weighted by atomic mass is 10.2. The van der Waals surface area contributed by atoms with Gasteiger partial charge in [0, 0.05) is 91.4 Å². The minimum absolute atomic E-state index is 0.816. The molecule has 0 bridgehead atoms. The second kappa shape index (κ2) is 11.1. The van der Waals surface area contributed by atoms with E-state index in [1.165, 1.54) is 5.56 Å². The predicted octanol–water partition coefficient (Wildman–Crippen LogP) is 0.992. The molecule has 166 valence electrons. The van der Waals surface area contributed by atoms with Gasteiger partial charge in [-0.2, -0.15) is 0 Å². The Morgan fingerprint density at radius 2 is 1.55 bits per heavy atom. The first-order valence-corrected chi connectivity index (χ1v) is 11.3. The predicted molar refractivity (Wildman–Crippen MR) is 125 cm³/mol. The lowest BCUT2D eigenvalue weighted by molar-refractivity contribution is 0.128. The number of benzene rings is 1. The van der Waals surface area contributed by atoms with Crippen molar-refractivity contribution in [2.24, 2.45) is 4.99 Å². The Labute approximate surface area is 185 Å². The van der Waals surface area contributed by atoms with Gasteiger partial charge in [-0.3, -0.25) is 14.8 Å². The molecule has 4 rings (SSSR count). The molecule has 3 heterocycles. The van der Waals surface area contributed by atoms with Crippen molar-refractivity contribution in [3.05, 3.63) is 54.4 Å². The number of nitrogens with one attached hydrogen (secondary N) is 1. The molecule has 0 radical (unpaired) electrons. The Hall–Kier alpha value is -2.71. The molecule has 2 saturated heterocycles. The monoisotopic (exact) mass is 422 g/mol. The lowest BCUT2D eigenvalue weighted by Gasteiger charge is -2.37. The molecule has 0 saturated carbocycles. The number of aromatic nitrogens is 2. The normalized spacial score (nSPS) is 18.9. The first-order chi connectivity index (χ1) is 15.3. The van der Waals surface area contributed by atoms with Crippen LogP contribution in [0.1, 0.15) is 5.56 Å². The van der Waals surface area contributed by atoms with Crippen LogP contribution in [0, 0.1) is 0 Å². The average Bonchev–Trinajstić information content (AvgIpc) is 2.84. The lowest BCUT2D eigenvalue weighted by Crippen LogP contribution is -2.54. The summed E-state index contributed by atoms with van der Waals surface area (Å²) < 4.78 is 0. The van der Waals surface area contributed by atoms with E-state index in [-0.39, 0.29) is 0 Å². The highest BCUT2D eigenvalue weighted by Gasteiger charge is 2.21.